The van der Waals surface area contributed by atoms with Crippen molar-refractivity contribution in [1.29, 1.82) is 0 Å². The van der Waals surface area contributed by atoms with E-state index in [2.05, 4.69) is 13.0 Å². The summed E-state index contributed by atoms with van der Waals surface area (Å²) >= 11 is 0. The van der Waals surface area contributed by atoms with Gasteiger partial charge in [0, 0.05) is 0 Å². The molecular weight excluding hydrogens is 140 g/mol. The third kappa shape index (κ3) is 1.62. The summed E-state index contributed by atoms with van der Waals surface area (Å²) in [6, 6.07) is 0. The lowest BCUT2D eigenvalue weighted by Gasteiger charge is -2.28. The van der Waals surface area contributed by atoms with Crippen molar-refractivity contribution in [1.82, 2.24) is 0 Å². The van der Waals surface area contributed by atoms with Gasteiger partial charge in [0.2, 0.25) is 0 Å². The molecule has 0 aromatic carbocycles. The Bertz CT molecular complexity index is 196. The molecule has 11 heavy (non-hydrogen) atoms. The molecule has 0 aromatic heterocycles. The SMILES string of the molecule is CC1C=CCC(C)(C(=O)O)C1. The molecule has 62 valence electrons. The van der Waals surface area contributed by atoms with E-state index in [0.717, 1.165) is 6.42 Å². The largest absolute Gasteiger partial charge is 0.481 e. The van der Waals surface area contributed by atoms with Gasteiger partial charge in [-0.1, -0.05) is 19.1 Å². The van der Waals surface area contributed by atoms with Gasteiger partial charge in [-0.25, -0.2) is 0 Å². The van der Waals surface area contributed by atoms with Crippen LogP contribution in [0.4, 0.5) is 0 Å². The monoisotopic (exact) mass is 154 g/mol. The van der Waals surface area contributed by atoms with Crippen LogP contribution in [-0.2, 0) is 4.79 Å². The first-order chi connectivity index (χ1) is 5.04. The summed E-state index contributed by atoms with van der Waals surface area (Å²) in [5.41, 5.74) is -0.520. The summed E-state index contributed by atoms with van der Waals surface area (Å²) in [4.78, 5) is 10.8. The second-order valence-electron chi connectivity index (χ2n) is 3.68. The Kier molecular flexibility index (Phi) is 2.03. The van der Waals surface area contributed by atoms with Crippen LogP contribution in [0.2, 0.25) is 0 Å². The molecule has 2 nitrogen and oxygen atoms in total. The Morgan fingerprint density at radius 2 is 2.36 bits per heavy atom. The maximum absolute atomic E-state index is 10.8. The van der Waals surface area contributed by atoms with Gasteiger partial charge < -0.3 is 5.11 Å². The van der Waals surface area contributed by atoms with E-state index < -0.39 is 11.4 Å². The van der Waals surface area contributed by atoms with E-state index >= 15 is 0 Å². The van der Waals surface area contributed by atoms with Gasteiger partial charge in [0.15, 0.2) is 0 Å². The summed E-state index contributed by atoms with van der Waals surface area (Å²) in [5, 5.41) is 8.88. The Balaban J connectivity index is 2.75. The van der Waals surface area contributed by atoms with Crippen molar-refractivity contribution in [3.63, 3.8) is 0 Å². The van der Waals surface area contributed by atoms with Crippen LogP contribution in [-0.4, -0.2) is 11.1 Å². The Labute approximate surface area is 66.9 Å². The average Bonchev–Trinajstić information content (AvgIpc) is 1.86. The fraction of sp³-hybridized carbons (Fsp3) is 0.667. The highest BCUT2D eigenvalue weighted by Gasteiger charge is 2.34. The van der Waals surface area contributed by atoms with Gasteiger partial charge in [-0.2, -0.15) is 0 Å². The molecule has 0 aliphatic heterocycles. The molecule has 2 atom stereocenters. The second kappa shape index (κ2) is 2.68. The van der Waals surface area contributed by atoms with Crippen molar-refractivity contribution in [2.24, 2.45) is 11.3 Å². The minimum absolute atomic E-state index is 0.407. The van der Waals surface area contributed by atoms with Gasteiger partial charge >= 0.3 is 5.97 Å². The molecular formula is C9H14O2. The van der Waals surface area contributed by atoms with E-state index in [1.54, 1.807) is 0 Å². The van der Waals surface area contributed by atoms with Gasteiger partial charge in [-0.3, -0.25) is 4.79 Å². The van der Waals surface area contributed by atoms with Crippen molar-refractivity contribution >= 4 is 5.97 Å². The quantitative estimate of drug-likeness (QED) is 0.587. The van der Waals surface area contributed by atoms with Crippen molar-refractivity contribution in [3.8, 4) is 0 Å². The van der Waals surface area contributed by atoms with Crippen LogP contribution >= 0.6 is 0 Å². The fourth-order valence-corrected chi connectivity index (χ4v) is 1.60. The zero-order chi connectivity index (χ0) is 8.48. The highest BCUT2D eigenvalue weighted by atomic mass is 16.4. The molecule has 2 unspecified atom stereocenters. The van der Waals surface area contributed by atoms with E-state index in [1.165, 1.54) is 0 Å². The van der Waals surface area contributed by atoms with Gasteiger partial charge in [-0.15, -0.1) is 0 Å². The molecule has 0 fully saturated rings. The molecule has 0 saturated heterocycles. The minimum Gasteiger partial charge on any atom is -0.481 e. The molecule has 0 saturated carbocycles. The number of carbonyl (C=O) groups is 1. The minimum atomic E-state index is -0.672. The van der Waals surface area contributed by atoms with Crippen molar-refractivity contribution in [2.75, 3.05) is 0 Å². The van der Waals surface area contributed by atoms with E-state index in [0.29, 0.717) is 12.3 Å². The highest BCUT2D eigenvalue weighted by Crippen LogP contribution is 2.34. The fourth-order valence-electron chi connectivity index (χ4n) is 1.60. The van der Waals surface area contributed by atoms with E-state index in [4.69, 9.17) is 5.11 Å². The van der Waals surface area contributed by atoms with Crippen LogP contribution in [0.25, 0.3) is 0 Å². The maximum atomic E-state index is 10.8. The van der Waals surface area contributed by atoms with E-state index in [-0.39, 0.29) is 0 Å². The van der Waals surface area contributed by atoms with Crippen molar-refractivity contribution in [3.05, 3.63) is 12.2 Å². The number of carboxylic acid groups (broad SMARTS) is 1. The number of hydrogen-bond donors (Lipinski definition) is 1. The molecule has 0 spiro atoms. The summed E-state index contributed by atoms with van der Waals surface area (Å²) in [5.74, 6) is -0.265. The maximum Gasteiger partial charge on any atom is 0.309 e. The Morgan fingerprint density at radius 3 is 2.73 bits per heavy atom. The number of carboxylic acids is 1. The molecule has 1 aliphatic rings. The number of hydrogen-bond acceptors (Lipinski definition) is 1. The van der Waals surface area contributed by atoms with Crippen LogP contribution in [0.5, 0.6) is 0 Å². The molecule has 0 radical (unpaired) electrons. The number of rotatable bonds is 1. The molecule has 1 rings (SSSR count). The predicted octanol–water partition coefficient (Wildman–Crippen LogP) is 2.06. The van der Waals surface area contributed by atoms with Crippen LogP contribution in [0.1, 0.15) is 26.7 Å². The number of aliphatic carboxylic acids is 1. The lowest BCUT2D eigenvalue weighted by molar-refractivity contribution is -0.148. The van der Waals surface area contributed by atoms with Crippen molar-refractivity contribution < 1.29 is 9.90 Å². The summed E-state index contributed by atoms with van der Waals surface area (Å²) in [6.07, 6.45) is 5.50. The van der Waals surface area contributed by atoms with Crippen molar-refractivity contribution in [2.45, 2.75) is 26.7 Å². The van der Waals surface area contributed by atoms with Crippen LogP contribution in [0.15, 0.2) is 12.2 Å². The standard InChI is InChI=1S/C9H14O2/c1-7-4-3-5-9(2,6-7)8(10)11/h3-4,7H,5-6H2,1-2H3,(H,10,11). The Hall–Kier alpha value is -0.790. The third-order valence-corrected chi connectivity index (χ3v) is 2.32. The normalized spacial score (nSPS) is 37.1. The summed E-state index contributed by atoms with van der Waals surface area (Å²) in [6.45, 7) is 3.87. The average molecular weight is 154 g/mol. The van der Waals surface area contributed by atoms with Crippen LogP contribution in [0, 0.1) is 11.3 Å². The molecule has 2 heteroatoms. The smallest absolute Gasteiger partial charge is 0.309 e. The highest BCUT2D eigenvalue weighted by molar-refractivity contribution is 5.74. The first-order valence-corrected chi connectivity index (χ1v) is 3.95. The van der Waals surface area contributed by atoms with Gasteiger partial charge in [0.05, 0.1) is 5.41 Å². The lowest BCUT2D eigenvalue weighted by Crippen LogP contribution is -2.30. The van der Waals surface area contributed by atoms with Gasteiger partial charge in [0.1, 0.15) is 0 Å². The van der Waals surface area contributed by atoms with E-state index in [1.807, 2.05) is 13.0 Å². The Morgan fingerprint density at radius 1 is 1.73 bits per heavy atom. The van der Waals surface area contributed by atoms with Crippen LogP contribution in [0.3, 0.4) is 0 Å². The van der Waals surface area contributed by atoms with Gasteiger partial charge in [-0.05, 0) is 25.7 Å². The summed E-state index contributed by atoms with van der Waals surface area (Å²) < 4.78 is 0. The zero-order valence-corrected chi connectivity index (χ0v) is 7.00. The second-order valence-corrected chi connectivity index (χ2v) is 3.68. The first kappa shape index (κ1) is 8.31. The molecule has 0 bridgehead atoms. The summed E-state index contributed by atoms with van der Waals surface area (Å²) in [7, 11) is 0. The van der Waals surface area contributed by atoms with Gasteiger partial charge in [0.25, 0.3) is 0 Å². The third-order valence-electron chi connectivity index (χ3n) is 2.32. The predicted molar refractivity (Wildman–Crippen MR) is 43.3 cm³/mol. The zero-order valence-electron chi connectivity index (χ0n) is 7.00. The topological polar surface area (TPSA) is 37.3 Å². The lowest BCUT2D eigenvalue weighted by atomic mass is 9.75. The molecule has 1 N–H and O–H groups in total. The molecule has 0 aromatic rings. The van der Waals surface area contributed by atoms with E-state index in [9.17, 15) is 4.79 Å². The number of allylic oxidation sites excluding steroid dienone is 2. The molecule has 1 aliphatic carbocycles. The molecule has 0 heterocycles. The van der Waals surface area contributed by atoms with Crippen LogP contribution < -0.4 is 0 Å². The first-order valence-electron chi connectivity index (χ1n) is 3.95. The molecule has 0 amide bonds.